The van der Waals surface area contributed by atoms with Gasteiger partial charge in [-0.25, -0.2) is 0 Å². The fraction of sp³-hybridized carbons (Fsp3) is 0.318. The summed E-state index contributed by atoms with van der Waals surface area (Å²) in [6.45, 7) is 6.75. The van der Waals surface area contributed by atoms with Gasteiger partial charge in [-0.2, -0.15) is 0 Å². The third-order valence-electron chi connectivity index (χ3n) is 3.73. The van der Waals surface area contributed by atoms with Crippen molar-refractivity contribution in [2.24, 2.45) is 0 Å². The quantitative estimate of drug-likeness (QED) is 0.536. The number of aryl methyl sites for hydroxylation is 1. The van der Waals surface area contributed by atoms with Crippen molar-refractivity contribution in [1.29, 1.82) is 0 Å². The Bertz CT molecular complexity index is 784. The highest BCUT2D eigenvalue weighted by Crippen LogP contribution is 2.29. The van der Waals surface area contributed by atoms with Crippen LogP contribution in [0, 0.1) is 6.92 Å². The first-order chi connectivity index (χ1) is 13.0. The standard InChI is InChI=1S/C22H27NO4/c1-16(2)27-20-11-9-18(15-21(20)25-4)10-12-22(24)23-13-14-26-19-8-6-5-7-17(19)3/h5-12,15-16H,13-14H2,1-4H3,(H,23,24)/b12-10+. The molecule has 0 bridgehead atoms. The van der Waals surface area contributed by atoms with E-state index in [1.807, 2.05) is 63.2 Å². The Morgan fingerprint density at radius 2 is 1.89 bits per heavy atom. The molecule has 2 aromatic carbocycles. The predicted octanol–water partition coefficient (Wildman–Crippen LogP) is 4.00. The van der Waals surface area contributed by atoms with E-state index in [0.717, 1.165) is 16.9 Å². The topological polar surface area (TPSA) is 56.8 Å². The molecule has 0 saturated carbocycles. The summed E-state index contributed by atoms with van der Waals surface area (Å²) in [6.07, 6.45) is 3.29. The van der Waals surface area contributed by atoms with Crippen molar-refractivity contribution in [3.8, 4) is 17.2 Å². The molecule has 1 N–H and O–H groups in total. The molecule has 0 fully saturated rings. The number of amides is 1. The normalized spacial score (nSPS) is 10.9. The number of carbonyl (C=O) groups is 1. The lowest BCUT2D eigenvalue weighted by atomic mass is 10.2. The zero-order valence-electron chi connectivity index (χ0n) is 16.3. The van der Waals surface area contributed by atoms with Gasteiger partial charge in [0.15, 0.2) is 11.5 Å². The van der Waals surface area contributed by atoms with E-state index in [4.69, 9.17) is 14.2 Å². The summed E-state index contributed by atoms with van der Waals surface area (Å²) in [5.41, 5.74) is 1.93. The maximum Gasteiger partial charge on any atom is 0.244 e. The van der Waals surface area contributed by atoms with E-state index in [0.29, 0.717) is 24.7 Å². The third kappa shape index (κ3) is 6.70. The van der Waals surface area contributed by atoms with Crippen LogP contribution in [0.25, 0.3) is 6.08 Å². The number of nitrogens with one attached hydrogen (secondary N) is 1. The molecule has 0 heterocycles. The van der Waals surface area contributed by atoms with Crippen LogP contribution in [0.4, 0.5) is 0 Å². The molecule has 0 spiro atoms. The van der Waals surface area contributed by atoms with Gasteiger partial charge < -0.3 is 19.5 Å². The smallest absolute Gasteiger partial charge is 0.244 e. The Morgan fingerprint density at radius 1 is 1.11 bits per heavy atom. The van der Waals surface area contributed by atoms with Crippen molar-refractivity contribution >= 4 is 12.0 Å². The van der Waals surface area contributed by atoms with Crippen molar-refractivity contribution in [2.45, 2.75) is 26.9 Å². The van der Waals surface area contributed by atoms with Crippen LogP contribution in [0.2, 0.25) is 0 Å². The lowest BCUT2D eigenvalue weighted by molar-refractivity contribution is -0.116. The molecule has 27 heavy (non-hydrogen) atoms. The Labute approximate surface area is 161 Å². The first kappa shape index (κ1) is 20.4. The molecule has 0 aliphatic carbocycles. The summed E-state index contributed by atoms with van der Waals surface area (Å²) in [4.78, 5) is 12.0. The molecule has 5 nitrogen and oxygen atoms in total. The van der Waals surface area contributed by atoms with Crippen molar-refractivity contribution < 1.29 is 19.0 Å². The van der Waals surface area contributed by atoms with Gasteiger partial charge in [0.05, 0.1) is 19.8 Å². The van der Waals surface area contributed by atoms with Gasteiger partial charge in [-0.1, -0.05) is 24.3 Å². The monoisotopic (exact) mass is 369 g/mol. The first-order valence-electron chi connectivity index (χ1n) is 8.98. The van der Waals surface area contributed by atoms with Crippen LogP contribution in [-0.2, 0) is 4.79 Å². The fourth-order valence-electron chi connectivity index (χ4n) is 2.42. The van der Waals surface area contributed by atoms with E-state index in [1.54, 1.807) is 13.2 Å². The number of benzene rings is 2. The minimum absolute atomic E-state index is 0.0629. The van der Waals surface area contributed by atoms with Gasteiger partial charge in [0.1, 0.15) is 12.4 Å². The molecule has 5 heteroatoms. The van der Waals surface area contributed by atoms with E-state index >= 15 is 0 Å². The van der Waals surface area contributed by atoms with Crippen LogP contribution in [0.1, 0.15) is 25.0 Å². The highest BCUT2D eigenvalue weighted by Gasteiger charge is 2.06. The van der Waals surface area contributed by atoms with Crippen molar-refractivity contribution in [3.05, 3.63) is 59.7 Å². The Balaban J connectivity index is 1.82. The van der Waals surface area contributed by atoms with Gasteiger partial charge in [0.25, 0.3) is 0 Å². The molecule has 2 rings (SSSR count). The van der Waals surface area contributed by atoms with Crippen LogP contribution in [0.3, 0.4) is 0 Å². The molecule has 0 aromatic heterocycles. The second kappa shape index (κ2) is 10.3. The van der Waals surface area contributed by atoms with Crippen LogP contribution in [0.5, 0.6) is 17.2 Å². The summed E-state index contributed by atoms with van der Waals surface area (Å²) >= 11 is 0. The molecule has 0 aliphatic heterocycles. The lowest BCUT2D eigenvalue weighted by Gasteiger charge is -2.13. The number of hydrogen-bond acceptors (Lipinski definition) is 4. The van der Waals surface area contributed by atoms with Crippen LogP contribution < -0.4 is 19.5 Å². The molecule has 2 aromatic rings. The van der Waals surface area contributed by atoms with E-state index in [-0.39, 0.29) is 12.0 Å². The molecule has 0 radical (unpaired) electrons. The largest absolute Gasteiger partial charge is 0.493 e. The zero-order chi connectivity index (χ0) is 19.6. The van der Waals surface area contributed by atoms with Gasteiger partial charge in [0, 0.05) is 6.08 Å². The number of methoxy groups -OCH3 is 1. The summed E-state index contributed by atoms with van der Waals surface area (Å²) in [6, 6.07) is 13.3. The molecule has 144 valence electrons. The third-order valence-corrected chi connectivity index (χ3v) is 3.73. The maximum absolute atomic E-state index is 12.0. The second-order valence-electron chi connectivity index (χ2n) is 6.32. The number of para-hydroxylation sites is 1. The molecular formula is C22H27NO4. The first-order valence-corrected chi connectivity index (χ1v) is 8.98. The van der Waals surface area contributed by atoms with Crippen molar-refractivity contribution in [2.75, 3.05) is 20.3 Å². The predicted molar refractivity (Wildman–Crippen MR) is 107 cm³/mol. The van der Waals surface area contributed by atoms with Gasteiger partial charge in [-0.15, -0.1) is 0 Å². The maximum atomic E-state index is 12.0. The molecule has 0 saturated heterocycles. The SMILES string of the molecule is COc1cc(/C=C/C(=O)NCCOc2ccccc2C)ccc1OC(C)C. The summed E-state index contributed by atoms with van der Waals surface area (Å²) in [5.74, 6) is 1.98. The van der Waals surface area contributed by atoms with Gasteiger partial charge >= 0.3 is 0 Å². The number of carbonyl (C=O) groups excluding carboxylic acids is 1. The Kier molecular flexibility index (Phi) is 7.74. The Morgan fingerprint density at radius 3 is 2.59 bits per heavy atom. The minimum Gasteiger partial charge on any atom is -0.493 e. The molecular weight excluding hydrogens is 342 g/mol. The highest BCUT2D eigenvalue weighted by atomic mass is 16.5. The Hall–Kier alpha value is -2.95. The number of hydrogen-bond donors (Lipinski definition) is 1. The average Bonchev–Trinajstić information content (AvgIpc) is 2.65. The van der Waals surface area contributed by atoms with E-state index in [1.165, 1.54) is 6.08 Å². The van der Waals surface area contributed by atoms with Crippen molar-refractivity contribution in [1.82, 2.24) is 5.32 Å². The second-order valence-corrected chi connectivity index (χ2v) is 6.32. The van der Waals surface area contributed by atoms with Gasteiger partial charge in [-0.3, -0.25) is 4.79 Å². The minimum atomic E-state index is -0.176. The highest BCUT2D eigenvalue weighted by molar-refractivity contribution is 5.91. The summed E-state index contributed by atoms with van der Waals surface area (Å²) in [7, 11) is 1.59. The van der Waals surface area contributed by atoms with Crippen molar-refractivity contribution in [3.63, 3.8) is 0 Å². The van der Waals surface area contributed by atoms with E-state index < -0.39 is 0 Å². The van der Waals surface area contributed by atoms with Gasteiger partial charge in [0.2, 0.25) is 5.91 Å². The number of rotatable bonds is 9. The van der Waals surface area contributed by atoms with E-state index in [9.17, 15) is 4.79 Å². The molecule has 0 atom stereocenters. The van der Waals surface area contributed by atoms with Gasteiger partial charge in [-0.05, 0) is 56.2 Å². The van der Waals surface area contributed by atoms with Crippen LogP contribution >= 0.6 is 0 Å². The lowest BCUT2D eigenvalue weighted by Crippen LogP contribution is -2.26. The molecule has 0 unspecified atom stereocenters. The summed E-state index contributed by atoms with van der Waals surface area (Å²) < 4.78 is 16.7. The molecule has 0 aliphatic rings. The van der Waals surface area contributed by atoms with Crippen LogP contribution in [-0.4, -0.2) is 32.3 Å². The van der Waals surface area contributed by atoms with E-state index in [2.05, 4.69) is 5.32 Å². The zero-order valence-corrected chi connectivity index (χ0v) is 16.3. The fourth-order valence-corrected chi connectivity index (χ4v) is 2.42. The molecule has 1 amide bonds. The number of ether oxygens (including phenoxy) is 3. The average molecular weight is 369 g/mol. The summed E-state index contributed by atoms with van der Waals surface area (Å²) in [5, 5.41) is 2.80. The van der Waals surface area contributed by atoms with Crippen LogP contribution in [0.15, 0.2) is 48.5 Å².